The van der Waals surface area contributed by atoms with Gasteiger partial charge in [-0.2, -0.15) is 0 Å². The van der Waals surface area contributed by atoms with Crippen molar-refractivity contribution in [3.63, 3.8) is 0 Å². The fourth-order valence-corrected chi connectivity index (χ4v) is 8.91. The van der Waals surface area contributed by atoms with Crippen LogP contribution in [0.2, 0.25) is 0 Å². The van der Waals surface area contributed by atoms with E-state index in [1.807, 2.05) is 0 Å². The first kappa shape index (κ1) is 68.1. The maximum Gasteiger partial charge on any atom is 0.472 e. The summed E-state index contributed by atoms with van der Waals surface area (Å²) in [6, 6.07) is 0. The maximum atomic E-state index is 12.8. The average Bonchev–Trinajstić information content (AvgIpc) is 3.33. The van der Waals surface area contributed by atoms with Crippen molar-refractivity contribution >= 4 is 39.5 Å². The molecule has 0 rings (SSSR count). The van der Waals surface area contributed by atoms with Crippen LogP contribution in [0.5, 0.6) is 0 Å². The number of hydrogen-bond donors (Lipinski definition) is 3. The number of phosphoric ester groups is 2. The Morgan fingerprint density at radius 2 is 0.571 bits per heavy atom. The van der Waals surface area contributed by atoms with Crippen molar-refractivity contribution in [3.8, 4) is 0 Å². The first-order chi connectivity index (χ1) is 33.7. The van der Waals surface area contributed by atoms with Crippen molar-refractivity contribution < 1.29 is 80.2 Å². The number of hydrogen-bond acceptors (Lipinski definition) is 15. The Morgan fingerprint density at radius 3 is 0.843 bits per heavy atom. The molecule has 5 atom stereocenters. The Kier molecular flexibility index (Phi) is 45.5. The van der Waals surface area contributed by atoms with Crippen molar-refractivity contribution in [2.75, 3.05) is 39.6 Å². The number of phosphoric acid groups is 2. The highest BCUT2D eigenvalue weighted by molar-refractivity contribution is 7.47. The summed E-state index contributed by atoms with van der Waals surface area (Å²) in [5.74, 6) is -2.17. The van der Waals surface area contributed by atoms with E-state index < -0.39 is 97.5 Å². The van der Waals surface area contributed by atoms with E-state index in [4.69, 9.17) is 37.0 Å². The molecule has 2 unspecified atom stereocenters. The van der Waals surface area contributed by atoms with Crippen molar-refractivity contribution in [2.24, 2.45) is 0 Å². The zero-order valence-corrected chi connectivity index (χ0v) is 45.8. The van der Waals surface area contributed by atoms with Crippen LogP contribution in [0.25, 0.3) is 0 Å². The van der Waals surface area contributed by atoms with Gasteiger partial charge in [-0.05, 0) is 25.7 Å². The van der Waals surface area contributed by atoms with Gasteiger partial charge in [0.1, 0.15) is 19.3 Å². The quantitative estimate of drug-likeness (QED) is 0.0222. The van der Waals surface area contributed by atoms with Crippen molar-refractivity contribution in [1.82, 2.24) is 0 Å². The first-order valence-corrected chi connectivity index (χ1v) is 30.3. The lowest BCUT2D eigenvalue weighted by Crippen LogP contribution is -2.30. The molecule has 0 aromatic carbocycles. The second kappa shape index (κ2) is 46.8. The van der Waals surface area contributed by atoms with Gasteiger partial charge in [-0.3, -0.25) is 37.3 Å². The van der Waals surface area contributed by atoms with Gasteiger partial charge in [0.2, 0.25) is 0 Å². The number of carbonyl (C=O) groups is 4. The molecular weight excluding hydrogens is 946 g/mol. The van der Waals surface area contributed by atoms with E-state index in [9.17, 15) is 43.2 Å². The second-order valence-corrected chi connectivity index (χ2v) is 21.5. The molecule has 0 aromatic rings. The van der Waals surface area contributed by atoms with Gasteiger partial charge >= 0.3 is 39.5 Å². The minimum absolute atomic E-state index is 0.103. The number of ether oxygens (including phenoxy) is 4. The lowest BCUT2D eigenvalue weighted by atomic mass is 10.1. The predicted octanol–water partition coefficient (Wildman–Crippen LogP) is 12.9. The molecule has 0 aromatic heterocycles. The third kappa shape index (κ3) is 45.9. The largest absolute Gasteiger partial charge is 0.472 e. The van der Waals surface area contributed by atoms with Crippen LogP contribution in [-0.2, 0) is 65.4 Å². The summed E-state index contributed by atoms with van der Waals surface area (Å²) < 4.78 is 67.1. The van der Waals surface area contributed by atoms with Crippen LogP contribution in [-0.4, -0.2) is 96.7 Å². The number of esters is 4. The standard InChI is InChI=1S/C51H98O17P2/c1-5-9-13-17-21-22-26-30-34-38-51(56)68-47(42-62-49(54)36-32-28-24-19-15-11-7-3)44-66-70(59,60)64-40-45(52)39-63-69(57,58)65-43-46(67-50(55)37-33-29-25-20-16-12-8-4)41-61-48(53)35-31-27-23-18-14-10-6-2/h45-47,52H,5-44H2,1-4H3,(H,57,58)(H,59,60)/t45-,46+,47+/m0/s1. The molecule has 0 aliphatic carbocycles. The highest BCUT2D eigenvalue weighted by Gasteiger charge is 2.30. The molecule has 0 bridgehead atoms. The second-order valence-electron chi connectivity index (χ2n) is 18.6. The molecule has 0 spiro atoms. The van der Waals surface area contributed by atoms with Crippen molar-refractivity contribution in [3.05, 3.63) is 0 Å². The van der Waals surface area contributed by atoms with E-state index in [0.717, 1.165) is 128 Å². The third-order valence-corrected chi connectivity index (χ3v) is 13.5. The molecule has 17 nitrogen and oxygen atoms in total. The Hall–Kier alpha value is -1.94. The molecule has 70 heavy (non-hydrogen) atoms. The van der Waals surface area contributed by atoms with Gasteiger partial charge in [-0.25, -0.2) is 9.13 Å². The SMILES string of the molecule is CCCCCCCCCCCC(=O)O[C@H](COC(=O)CCCCCCCCC)COP(=O)(O)OC[C@@H](O)COP(=O)(O)OC[C@@H](COC(=O)CCCCCCCCC)OC(=O)CCCCCCCCC. The zero-order chi connectivity index (χ0) is 52.0. The van der Waals surface area contributed by atoms with Gasteiger partial charge in [-0.15, -0.1) is 0 Å². The Balaban J connectivity index is 5.18. The lowest BCUT2D eigenvalue weighted by Gasteiger charge is -2.21. The van der Waals surface area contributed by atoms with E-state index in [-0.39, 0.29) is 25.7 Å². The van der Waals surface area contributed by atoms with Crippen LogP contribution in [0.1, 0.15) is 246 Å². The lowest BCUT2D eigenvalue weighted by molar-refractivity contribution is -0.161. The Bertz CT molecular complexity index is 1390. The summed E-state index contributed by atoms with van der Waals surface area (Å²) in [5.41, 5.74) is 0. The number of rotatable bonds is 52. The summed E-state index contributed by atoms with van der Waals surface area (Å²) >= 11 is 0. The molecule has 0 saturated heterocycles. The molecule has 19 heteroatoms. The molecule has 0 heterocycles. The molecule has 3 N–H and O–H groups in total. The monoisotopic (exact) mass is 1040 g/mol. The predicted molar refractivity (Wildman–Crippen MR) is 271 cm³/mol. The summed E-state index contributed by atoms with van der Waals surface area (Å²) in [7, 11) is -9.84. The molecule has 414 valence electrons. The zero-order valence-electron chi connectivity index (χ0n) is 44.0. The molecule has 0 saturated carbocycles. The third-order valence-electron chi connectivity index (χ3n) is 11.6. The van der Waals surface area contributed by atoms with Gasteiger partial charge < -0.3 is 33.8 Å². The number of aliphatic hydroxyl groups excluding tert-OH is 1. The minimum Gasteiger partial charge on any atom is -0.462 e. The average molecular weight is 1050 g/mol. The fraction of sp³-hybridized carbons (Fsp3) is 0.922. The summed E-state index contributed by atoms with van der Waals surface area (Å²) in [4.78, 5) is 71.2. The summed E-state index contributed by atoms with van der Waals surface area (Å²) in [6.07, 6.45) is 27.0. The van der Waals surface area contributed by atoms with E-state index in [2.05, 4.69) is 27.7 Å². The molecule has 0 aliphatic heterocycles. The molecule has 0 amide bonds. The molecular formula is C51H98O17P2. The van der Waals surface area contributed by atoms with Gasteiger partial charge in [-0.1, -0.05) is 195 Å². The summed E-state index contributed by atoms with van der Waals surface area (Å²) in [6.45, 7) is 4.65. The van der Waals surface area contributed by atoms with Gasteiger partial charge in [0.15, 0.2) is 12.2 Å². The fourth-order valence-electron chi connectivity index (χ4n) is 7.34. The van der Waals surface area contributed by atoms with Crippen LogP contribution >= 0.6 is 15.6 Å². The van der Waals surface area contributed by atoms with Crippen molar-refractivity contribution in [1.29, 1.82) is 0 Å². The Labute approximate surface area is 422 Å². The van der Waals surface area contributed by atoms with E-state index in [1.54, 1.807) is 0 Å². The van der Waals surface area contributed by atoms with E-state index >= 15 is 0 Å². The molecule has 0 aliphatic rings. The van der Waals surface area contributed by atoms with Crippen LogP contribution < -0.4 is 0 Å². The molecule has 0 radical (unpaired) electrons. The van der Waals surface area contributed by atoms with E-state index in [0.29, 0.717) is 25.7 Å². The number of carbonyl (C=O) groups excluding carboxylic acids is 4. The topological polar surface area (TPSA) is 237 Å². The van der Waals surface area contributed by atoms with Crippen LogP contribution in [0.3, 0.4) is 0 Å². The smallest absolute Gasteiger partial charge is 0.462 e. The Morgan fingerprint density at radius 1 is 0.343 bits per heavy atom. The van der Waals surface area contributed by atoms with Crippen LogP contribution in [0.15, 0.2) is 0 Å². The minimum atomic E-state index is -4.92. The highest BCUT2D eigenvalue weighted by atomic mass is 31.2. The summed E-state index contributed by atoms with van der Waals surface area (Å²) in [5, 5.41) is 10.4. The van der Waals surface area contributed by atoms with Gasteiger partial charge in [0.05, 0.1) is 26.4 Å². The van der Waals surface area contributed by atoms with Crippen LogP contribution in [0.4, 0.5) is 0 Å². The normalized spacial score (nSPS) is 14.6. The van der Waals surface area contributed by atoms with Crippen molar-refractivity contribution in [2.45, 2.75) is 264 Å². The van der Waals surface area contributed by atoms with E-state index in [1.165, 1.54) is 38.5 Å². The number of aliphatic hydroxyl groups is 1. The van der Waals surface area contributed by atoms with Crippen LogP contribution in [0, 0.1) is 0 Å². The first-order valence-electron chi connectivity index (χ1n) is 27.3. The number of unbranched alkanes of at least 4 members (excludes halogenated alkanes) is 26. The van der Waals surface area contributed by atoms with Gasteiger partial charge in [0.25, 0.3) is 0 Å². The maximum absolute atomic E-state index is 12.8. The highest BCUT2D eigenvalue weighted by Crippen LogP contribution is 2.45. The van der Waals surface area contributed by atoms with Gasteiger partial charge in [0, 0.05) is 25.7 Å². The molecule has 0 fully saturated rings.